The fraction of sp³-hybridized carbons (Fsp3) is 0.438. The average molecular weight is 383 g/mol. The molecule has 4 unspecified atom stereocenters. The van der Waals surface area contributed by atoms with E-state index in [9.17, 15) is 19.5 Å². The van der Waals surface area contributed by atoms with Gasteiger partial charge in [0, 0.05) is 10.4 Å². The predicted molar refractivity (Wildman–Crippen MR) is 91.2 cm³/mol. The second-order valence-electron chi connectivity index (χ2n) is 6.78. The number of carboxylic acid groups (broad SMARTS) is 1. The van der Waals surface area contributed by atoms with Gasteiger partial charge in [0.15, 0.2) is 0 Å². The molecule has 3 aliphatic rings. The molecule has 0 saturated carbocycles. The van der Waals surface area contributed by atoms with Gasteiger partial charge in [0.2, 0.25) is 5.60 Å². The normalized spacial score (nSPS) is 37.4. The van der Waals surface area contributed by atoms with Crippen LogP contribution in [-0.4, -0.2) is 54.6 Å². The van der Waals surface area contributed by atoms with E-state index >= 15 is 0 Å². The fourth-order valence-corrected chi connectivity index (χ4v) is 5.71. The van der Waals surface area contributed by atoms with Crippen LogP contribution in [0.2, 0.25) is 0 Å². The van der Waals surface area contributed by atoms with Crippen molar-refractivity contribution in [3.05, 3.63) is 30.3 Å². The summed E-state index contributed by atoms with van der Waals surface area (Å²) in [5, 5.41) is 9.66. The van der Waals surface area contributed by atoms with Crippen molar-refractivity contribution in [1.82, 2.24) is 4.90 Å². The molecule has 9 heteroatoms. The number of amides is 2. The smallest absolute Gasteiger partial charge is 0.327 e. The van der Waals surface area contributed by atoms with E-state index in [0.717, 1.165) is 0 Å². The molecule has 1 aromatic rings. The van der Waals surface area contributed by atoms with Gasteiger partial charge in [-0.15, -0.1) is 11.8 Å². The molecule has 3 heterocycles. The molecule has 1 aromatic carbocycles. The Morgan fingerprint density at radius 2 is 1.96 bits per heavy atom. The Hall–Kier alpha value is -1.77. The zero-order valence-corrected chi connectivity index (χ0v) is 14.9. The Labute approximate surface area is 152 Å². The summed E-state index contributed by atoms with van der Waals surface area (Å²) in [6.07, 6.45) is 0. The van der Waals surface area contributed by atoms with Gasteiger partial charge in [-0.05, 0) is 26.0 Å². The SMILES string of the molecule is CC1(C)SC2N(C(=O)C23OC3(Cl)C(=O)Nc2ccccc2)C1C(=O)O. The molecule has 2 N–H and O–H groups in total. The van der Waals surface area contributed by atoms with Crippen LogP contribution in [0.1, 0.15) is 13.8 Å². The number of rotatable bonds is 3. The van der Waals surface area contributed by atoms with Gasteiger partial charge in [0.1, 0.15) is 11.4 Å². The molecule has 0 aliphatic carbocycles. The lowest BCUT2D eigenvalue weighted by Crippen LogP contribution is -2.70. The van der Waals surface area contributed by atoms with Crippen LogP contribution in [-0.2, 0) is 19.1 Å². The van der Waals surface area contributed by atoms with Crippen molar-refractivity contribution in [2.45, 2.75) is 40.7 Å². The molecule has 0 aromatic heterocycles. The average Bonchev–Trinajstić information content (AvgIpc) is 3.13. The Bertz CT molecular complexity index is 803. The van der Waals surface area contributed by atoms with Crippen molar-refractivity contribution < 1.29 is 24.2 Å². The monoisotopic (exact) mass is 382 g/mol. The molecule has 132 valence electrons. The third-order valence-corrected chi connectivity index (χ3v) is 6.94. The Kier molecular flexibility index (Phi) is 3.27. The molecule has 2 amide bonds. The molecule has 3 aliphatic heterocycles. The number of ether oxygens (including phenoxy) is 1. The lowest BCUT2D eigenvalue weighted by molar-refractivity contribution is -0.165. The number of benzene rings is 1. The van der Waals surface area contributed by atoms with Crippen LogP contribution in [0.15, 0.2) is 30.3 Å². The maximum absolute atomic E-state index is 12.7. The zero-order chi connectivity index (χ0) is 18.2. The fourth-order valence-electron chi connectivity index (χ4n) is 3.56. The lowest BCUT2D eigenvalue weighted by Gasteiger charge is -2.42. The predicted octanol–water partition coefficient (Wildman–Crippen LogP) is 1.48. The second kappa shape index (κ2) is 4.90. The number of thioether (sulfide) groups is 1. The Morgan fingerprint density at radius 3 is 2.56 bits per heavy atom. The van der Waals surface area contributed by atoms with Crippen LogP contribution in [0, 0.1) is 0 Å². The minimum atomic E-state index is -1.82. The summed E-state index contributed by atoms with van der Waals surface area (Å²) in [7, 11) is 0. The van der Waals surface area contributed by atoms with E-state index in [0.29, 0.717) is 5.69 Å². The van der Waals surface area contributed by atoms with Gasteiger partial charge in [-0.3, -0.25) is 9.59 Å². The van der Waals surface area contributed by atoms with Gasteiger partial charge in [0.25, 0.3) is 16.9 Å². The van der Waals surface area contributed by atoms with Crippen molar-refractivity contribution in [2.24, 2.45) is 0 Å². The van der Waals surface area contributed by atoms with E-state index in [1.807, 2.05) is 0 Å². The summed E-state index contributed by atoms with van der Waals surface area (Å²) in [5.41, 5.74) is -0.968. The van der Waals surface area contributed by atoms with Gasteiger partial charge in [-0.2, -0.15) is 0 Å². The quantitative estimate of drug-likeness (QED) is 0.466. The van der Waals surface area contributed by atoms with Crippen molar-refractivity contribution in [1.29, 1.82) is 0 Å². The summed E-state index contributed by atoms with van der Waals surface area (Å²) in [5.74, 6) is -2.27. The number of β-lactam (4-membered cyclic amide) rings is 1. The first kappa shape index (κ1) is 16.7. The summed E-state index contributed by atoms with van der Waals surface area (Å²) >= 11 is 7.63. The number of carbonyl (C=O) groups is 3. The standard InChI is InChI=1S/C16H15ClN2O5S/c1-14(2)9(10(20)21)19-12(23)15(13(19)25-14)16(17,24-15)11(22)18-8-6-4-3-5-7-8/h3-7,9,13H,1-2H3,(H,18,22)(H,20,21). The number of hydrogen-bond donors (Lipinski definition) is 2. The topological polar surface area (TPSA) is 99.2 Å². The molecular formula is C16H15ClN2O5S. The summed E-state index contributed by atoms with van der Waals surface area (Å²) in [6, 6.07) is 7.71. The molecule has 4 atom stereocenters. The molecular weight excluding hydrogens is 368 g/mol. The van der Waals surface area contributed by atoms with E-state index in [4.69, 9.17) is 16.3 Å². The Balaban J connectivity index is 1.59. The van der Waals surface area contributed by atoms with E-state index in [2.05, 4.69) is 5.32 Å². The van der Waals surface area contributed by atoms with Crippen molar-refractivity contribution >= 4 is 46.8 Å². The number of epoxide rings is 1. The number of halogens is 1. The largest absolute Gasteiger partial charge is 0.480 e. The number of anilines is 1. The van der Waals surface area contributed by atoms with Crippen LogP contribution >= 0.6 is 23.4 Å². The van der Waals surface area contributed by atoms with Gasteiger partial charge < -0.3 is 20.1 Å². The first-order valence-corrected chi connectivity index (χ1v) is 8.90. The molecule has 3 fully saturated rings. The molecule has 25 heavy (non-hydrogen) atoms. The number of fused-ring (bicyclic) bond motifs is 2. The minimum absolute atomic E-state index is 0.532. The summed E-state index contributed by atoms with van der Waals surface area (Å²) in [6.45, 7) is 3.50. The van der Waals surface area contributed by atoms with Crippen LogP contribution in [0.25, 0.3) is 0 Å². The van der Waals surface area contributed by atoms with E-state index in [1.54, 1.807) is 44.2 Å². The number of hydrogen-bond acceptors (Lipinski definition) is 5. The summed E-state index contributed by atoms with van der Waals surface area (Å²) < 4.78 is 4.74. The van der Waals surface area contributed by atoms with Crippen molar-refractivity contribution in [2.75, 3.05) is 5.32 Å². The highest BCUT2D eigenvalue weighted by atomic mass is 35.5. The maximum atomic E-state index is 12.7. The van der Waals surface area contributed by atoms with Crippen LogP contribution in [0.5, 0.6) is 0 Å². The number of nitrogens with zero attached hydrogens (tertiary/aromatic N) is 1. The van der Waals surface area contributed by atoms with Crippen LogP contribution < -0.4 is 5.32 Å². The highest BCUT2D eigenvalue weighted by Gasteiger charge is 2.92. The Morgan fingerprint density at radius 1 is 1.32 bits per heavy atom. The van der Waals surface area contributed by atoms with Crippen LogP contribution in [0.4, 0.5) is 5.69 Å². The van der Waals surface area contributed by atoms with Gasteiger partial charge in [-0.25, -0.2) is 4.79 Å². The van der Waals surface area contributed by atoms with E-state index in [1.165, 1.54) is 16.7 Å². The second-order valence-corrected chi connectivity index (χ2v) is 9.05. The first-order valence-electron chi connectivity index (χ1n) is 7.64. The zero-order valence-electron chi connectivity index (χ0n) is 13.4. The molecule has 1 spiro atoms. The van der Waals surface area contributed by atoms with Crippen LogP contribution in [0.3, 0.4) is 0 Å². The number of aliphatic carboxylic acids is 1. The van der Waals surface area contributed by atoms with Crippen molar-refractivity contribution in [3.63, 3.8) is 0 Å². The van der Waals surface area contributed by atoms with Gasteiger partial charge in [-0.1, -0.05) is 29.8 Å². The minimum Gasteiger partial charge on any atom is -0.480 e. The third-order valence-electron chi connectivity index (χ3n) is 4.80. The van der Waals surface area contributed by atoms with Crippen molar-refractivity contribution in [3.8, 4) is 0 Å². The van der Waals surface area contributed by atoms with Gasteiger partial charge in [0.05, 0.1) is 0 Å². The molecule has 3 saturated heterocycles. The molecule has 0 bridgehead atoms. The number of alkyl halides is 1. The number of nitrogens with one attached hydrogen (secondary N) is 1. The number of carbonyl (C=O) groups excluding carboxylic acids is 2. The lowest BCUT2D eigenvalue weighted by atomic mass is 9.88. The first-order chi connectivity index (χ1) is 11.6. The van der Waals surface area contributed by atoms with E-state index < -0.39 is 44.6 Å². The van der Waals surface area contributed by atoms with Gasteiger partial charge >= 0.3 is 5.97 Å². The third kappa shape index (κ3) is 1.95. The van der Waals surface area contributed by atoms with E-state index in [-0.39, 0.29) is 0 Å². The maximum Gasteiger partial charge on any atom is 0.327 e. The highest BCUT2D eigenvalue weighted by molar-refractivity contribution is 8.01. The number of carboxylic acids is 1. The summed E-state index contributed by atoms with van der Waals surface area (Å²) in [4.78, 5) is 38.0. The number of para-hydroxylation sites is 1. The highest BCUT2D eigenvalue weighted by Crippen LogP contribution is 2.69. The molecule has 7 nitrogen and oxygen atoms in total. The molecule has 0 radical (unpaired) electrons. The molecule has 4 rings (SSSR count).